The van der Waals surface area contributed by atoms with Crippen LogP contribution < -0.4 is 5.73 Å². The Hall–Kier alpha value is -2.09. The van der Waals surface area contributed by atoms with E-state index in [4.69, 9.17) is 15.7 Å². The summed E-state index contributed by atoms with van der Waals surface area (Å²) >= 11 is 1.13. The molecule has 1 aliphatic heterocycles. The lowest BCUT2D eigenvalue weighted by atomic mass is 10.0. The smallest absolute Gasteiger partial charge is 0.306 e. The first kappa shape index (κ1) is 11.4. The summed E-state index contributed by atoms with van der Waals surface area (Å²) in [6.45, 7) is 3.31. The maximum absolute atomic E-state index is 11.7. The maximum atomic E-state index is 11.7. The number of nitrogens with zero attached hydrogens (tertiary/aromatic N) is 2. The largest absolute Gasteiger partial charge is 0.481 e. The molecule has 2 heterocycles. The summed E-state index contributed by atoms with van der Waals surface area (Å²) in [6.07, 6.45) is 0.625. The van der Waals surface area contributed by atoms with Crippen molar-refractivity contribution >= 4 is 28.3 Å². The number of rotatable bonds is 5. The van der Waals surface area contributed by atoms with Crippen molar-refractivity contribution in [1.82, 2.24) is 10.0 Å². The third-order valence-electron chi connectivity index (χ3n) is 2.37. The van der Waals surface area contributed by atoms with E-state index in [2.05, 4.69) is 11.6 Å². The number of carbonyl (C=O) groups excluding carboxylic acids is 1. The van der Waals surface area contributed by atoms with Crippen LogP contribution in [-0.4, -0.2) is 27.0 Å². The van der Waals surface area contributed by atoms with Crippen molar-refractivity contribution in [2.75, 3.05) is 5.73 Å². The monoisotopic (exact) mass is 255 g/mol. The minimum Gasteiger partial charge on any atom is -0.481 e. The van der Waals surface area contributed by atoms with Gasteiger partial charge in [-0.2, -0.15) is 5.06 Å². The van der Waals surface area contributed by atoms with Crippen molar-refractivity contribution in [2.45, 2.75) is 12.0 Å². The van der Waals surface area contributed by atoms with E-state index in [1.165, 1.54) is 0 Å². The molecule has 1 aliphatic rings. The summed E-state index contributed by atoms with van der Waals surface area (Å²) in [4.78, 5) is 31.3. The summed E-state index contributed by atoms with van der Waals surface area (Å²) in [5, 5.41) is 11.6. The topological polar surface area (TPSA) is 106 Å². The minimum atomic E-state index is -1.37. The molecule has 0 bridgehead atoms. The highest BCUT2D eigenvalue weighted by atomic mass is 32.1. The van der Waals surface area contributed by atoms with Gasteiger partial charge in [-0.3, -0.25) is 9.59 Å². The molecular weight excluding hydrogens is 246 g/mol. The van der Waals surface area contributed by atoms with Crippen LogP contribution in [0.15, 0.2) is 18.2 Å². The average molecular weight is 255 g/mol. The van der Waals surface area contributed by atoms with E-state index < -0.39 is 23.8 Å². The van der Waals surface area contributed by atoms with Gasteiger partial charge in [0.2, 0.25) is 5.54 Å². The molecule has 0 aromatic carbocycles. The summed E-state index contributed by atoms with van der Waals surface area (Å²) in [6, 6.07) is 0. The van der Waals surface area contributed by atoms with Gasteiger partial charge in [0.15, 0.2) is 5.13 Å². The number of anilines is 1. The summed E-state index contributed by atoms with van der Waals surface area (Å²) in [7, 11) is 0. The van der Waals surface area contributed by atoms with Crippen molar-refractivity contribution in [3.05, 3.63) is 23.9 Å². The Labute approximate surface area is 100 Å². The van der Waals surface area contributed by atoms with Gasteiger partial charge in [0.05, 0.1) is 12.1 Å². The fourth-order valence-corrected chi connectivity index (χ4v) is 2.23. The van der Waals surface area contributed by atoms with E-state index in [-0.39, 0.29) is 10.8 Å². The molecule has 1 aromatic rings. The van der Waals surface area contributed by atoms with Crippen molar-refractivity contribution in [3.8, 4) is 0 Å². The second-order valence-corrected chi connectivity index (χ2v) is 4.26. The Morgan fingerprint density at radius 2 is 2.53 bits per heavy atom. The fourth-order valence-electron chi connectivity index (χ4n) is 1.60. The predicted molar refractivity (Wildman–Crippen MR) is 58.6 cm³/mol. The number of carbonyl (C=O) groups is 2. The maximum Gasteiger partial charge on any atom is 0.306 e. The standard InChI is InChI=1S/C9H9N3O4S/c1-2-16-12-7(15)9(12,3-6(13)14)5-4-17-8(10)11-5/h2,4H,1,3H2,(H2,10,11)(H,13,14). The predicted octanol–water partition coefficient (Wildman–Crippen LogP) is 0.313. The lowest BCUT2D eigenvalue weighted by Gasteiger charge is -2.08. The van der Waals surface area contributed by atoms with Crippen LogP contribution in [0.5, 0.6) is 0 Å². The number of aliphatic carboxylic acids is 1. The SMILES string of the molecule is C=CON1C(=O)C1(CC(=O)O)c1csc(N)n1. The van der Waals surface area contributed by atoms with Crippen molar-refractivity contribution < 1.29 is 19.5 Å². The molecule has 1 amide bonds. The van der Waals surface area contributed by atoms with Crippen molar-refractivity contribution in [3.63, 3.8) is 0 Å². The molecule has 8 heteroatoms. The van der Waals surface area contributed by atoms with Gasteiger partial charge in [-0.1, -0.05) is 6.58 Å². The summed E-state index contributed by atoms with van der Waals surface area (Å²) in [5.74, 6) is -1.59. The molecule has 0 spiro atoms. The van der Waals surface area contributed by atoms with Crippen LogP contribution in [0.25, 0.3) is 0 Å². The van der Waals surface area contributed by atoms with Gasteiger partial charge in [-0.25, -0.2) is 4.98 Å². The number of thiazole rings is 1. The molecule has 3 N–H and O–H groups in total. The number of amides is 1. The number of hydrogen-bond donors (Lipinski definition) is 2. The lowest BCUT2D eigenvalue weighted by Crippen LogP contribution is -2.21. The zero-order chi connectivity index (χ0) is 12.6. The van der Waals surface area contributed by atoms with Crippen LogP contribution in [0, 0.1) is 0 Å². The van der Waals surface area contributed by atoms with Gasteiger partial charge in [-0.15, -0.1) is 11.3 Å². The van der Waals surface area contributed by atoms with Gasteiger partial charge in [0, 0.05) is 5.38 Å². The molecule has 0 radical (unpaired) electrons. The Morgan fingerprint density at radius 3 is 3.00 bits per heavy atom. The van der Waals surface area contributed by atoms with E-state index in [0.717, 1.165) is 22.7 Å². The molecule has 1 atom stereocenters. The highest BCUT2D eigenvalue weighted by Gasteiger charge is 2.69. The van der Waals surface area contributed by atoms with E-state index >= 15 is 0 Å². The Balaban J connectivity index is 2.36. The number of hydrogen-bond acceptors (Lipinski definition) is 6. The van der Waals surface area contributed by atoms with Crippen LogP contribution in [0.4, 0.5) is 5.13 Å². The Morgan fingerprint density at radius 1 is 1.82 bits per heavy atom. The minimum absolute atomic E-state index is 0.267. The Kier molecular flexibility index (Phi) is 2.50. The van der Waals surface area contributed by atoms with Crippen molar-refractivity contribution in [1.29, 1.82) is 0 Å². The number of carboxylic acid groups (broad SMARTS) is 1. The zero-order valence-corrected chi connectivity index (χ0v) is 9.44. The normalized spacial score (nSPS) is 22.4. The molecule has 1 aromatic heterocycles. The van der Waals surface area contributed by atoms with Gasteiger partial charge in [-0.05, 0) is 0 Å². The first-order valence-electron chi connectivity index (χ1n) is 4.58. The van der Waals surface area contributed by atoms with Crippen LogP contribution in [0.2, 0.25) is 0 Å². The molecule has 1 unspecified atom stereocenters. The first-order valence-corrected chi connectivity index (χ1v) is 5.46. The number of carboxylic acids is 1. The molecule has 0 aliphatic carbocycles. The highest BCUT2D eigenvalue weighted by molar-refractivity contribution is 7.13. The highest BCUT2D eigenvalue weighted by Crippen LogP contribution is 2.47. The van der Waals surface area contributed by atoms with Gasteiger partial charge >= 0.3 is 5.97 Å². The summed E-state index contributed by atoms with van der Waals surface area (Å²) < 4.78 is 0. The molecular formula is C9H9N3O4S. The van der Waals surface area contributed by atoms with Gasteiger partial charge in [0.25, 0.3) is 5.91 Å². The quantitative estimate of drug-likeness (QED) is 0.579. The molecule has 2 rings (SSSR count). The van der Waals surface area contributed by atoms with Crippen LogP contribution >= 0.6 is 11.3 Å². The molecule has 0 saturated carbocycles. The van der Waals surface area contributed by atoms with Crippen LogP contribution in [0.3, 0.4) is 0 Å². The third kappa shape index (κ3) is 1.62. The summed E-state index contributed by atoms with van der Waals surface area (Å²) in [5.41, 5.74) is 4.39. The lowest BCUT2D eigenvalue weighted by molar-refractivity contribution is -0.139. The molecule has 17 heavy (non-hydrogen) atoms. The molecule has 90 valence electrons. The third-order valence-corrected chi connectivity index (χ3v) is 3.04. The van der Waals surface area contributed by atoms with Crippen LogP contribution in [-0.2, 0) is 20.0 Å². The first-order chi connectivity index (χ1) is 8.02. The number of aromatic nitrogens is 1. The number of nitrogens with two attached hydrogens (primary N) is 1. The van der Waals surface area contributed by atoms with Gasteiger partial charge in [0.1, 0.15) is 6.26 Å². The second-order valence-electron chi connectivity index (χ2n) is 3.37. The fraction of sp³-hybridized carbons (Fsp3) is 0.222. The number of hydroxylamine groups is 2. The van der Waals surface area contributed by atoms with Crippen molar-refractivity contribution in [2.24, 2.45) is 0 Å². The van der Waals surface area contributed by atoms with E-state index in [1.807, 2.05) is 0 Å². The molecule has 7 nitrogen and oxygen atoms in total. The average Bonchev–Trinajstić information content (AvgIpc) is 2.63. The Bertz CT molecular complexity index is 500. The number of nitrogen functional groups attached to an aromatic ring is 1. The zero-order valence-electron chi connectivity index (χ0n) is 8.62. The van der Waals surface area contributed by atoms with E-state index in [9.17, 15) is 9.59 Å². The molecule has 1 saturated heterocycles. The second kappa shape index (κ2) is 3.74. The van der Waals surface area contributed by atoms with Crippen LogP contribution in [0.1, 0.15) is 12.1 Å². The van der Waals surface area contributed by atoms with E-state index in [0.29, 0.717) is 0 Å². The van der Waals surface area contributed by atoms with E-state index in [1.54, 1.807) is 5.38 Å². The molecule has 1 fully saturated rings. The van der Waals surface area contributed by atoms with Gasteiger partial charge < -0.3 is 15.7 Å².